The fourth-order valence-electron chi connectivity index (χ4n) is 6.43. The highest BCUT2D eigenvalue weighted by Gasteiger charge is 2.36. The van der Waals surface area contributed by atoms with Gasteiger partial charge in [-0.3, -0.25) is 13.9 Å². The first-order valence-electron chi connectivity index (χ1n) is 14.1. The molecule has 0 radical (unpaired) electrons. The van der Waals surface area contributed by atoms with Crippen LogP contribution in [0.1, 0.15) is 73.0 Å². The number of piperidine rings is 1. The number of aromatic nitrogens is 5. The molecule has 4 heterocycles. The first-order valence-corrected chi connectivity index (χ1v) is 14.1. The molecule has 1 aromatic carbocycles. The van der Waals surface area contributed by atoms with Gasteiger partial charge in [0.2, 0.25) is 0 Å². The van der Waals surface area contributed by atoms with Gasteiger partial charge in [0, 0.05) is 38.4 Å². The highest BCUT2D eigenvalue weighted by Crippen LogP contribution is 2.43. The molecule has 0 spiro atoms. The van der Waals surface area contributed by atoms with E-state index >= 15 is 0 Å². The number of hydrogen-bond donors (Lipinski definition) is 0. The molecular formula is C30H32F3N7O. The number of hydrogen-bond acceptors (Lipinski definition) is 5. The molecule has 1 aliphatic heterocycles. The molecule has 1 saturated heterocycles. The van der Waals surface area contributed by atoms with Gasteiger partial charge >= 0.3 is 11.9 Å². The van der Waals surface area contributed by atoms with Gasteiger partial charge in [-0.25, -0.2) is 4.79 Å². The van der Waals surface area contributed by atoms with E-state index in [1.54, 1.807) is 24.5 Å². The van der Waals surface area contributed by atoms with E-state index in [4.69, 9.17) is 0 Å². The Morgan fingerprint density at radius 3 is 2.56 bits per heavy atom. The molecule has 3 aromatic heterocycles. The third-order valence-corrected chi connectivity index (χ3v) is 8.63. The summed E-state index contributed by atoms with van der Waals surface area (Å²) in [5.74, 6) is 1.37. The van der Waals surface area contributed by atoms with Crippen LogP contribution in [0.5, 0.6) is 0 Å². The SMILES string of the molecule is C[C@H]1CCCN(Cc2cc(C(F)(F)F)c3cn(-c4cc(C#N)cc([C@H](c5nncn5C)C5CCC5)c4)c(=O)n3c2)C1. The minimum absolute atomic E-state index is 0.152. The lowest BCUT2D eigenvalue weighted by molar-refractivity contribution is -0.136. The van der Waals surface area contributed by atoms with E-state index in [9.17, 15) is 23.2 Å². The minimum Gasteiger partial charge on any atom is -0.320 e. The summed E-state index contributed by atoms with van der Waals surface area (Å²) < 4.78 is 47.1. The number of pyridine rings is 1. The van der Waals surface area contributed by atoms with Gasteiger partial charge in [0.1, 0.15) is 12.2 Å². The maximum atomic E-state index is 14.3. The normalized spacial score (nSPS) is 19.3. The van der Waals surface area contributed by atoms with E-state index in [2.05, 4.69) is 28.1 Å². The van der Waals surface area contributed by atoms with E-state index in [0.29, 0.717) is 35.2 Å². The van der Waals surface area contributed by atoms with Crippen LogP contribution in [-0.4, -0.2) is 41.7 Å². The van der Waals surface area contributed by atoms with E-state index in [1.165, 1.54) is 17.0 Å². The number of nitriles is 1. The fourth-order valence-corrected chi connectivity index (χ4v) is 6.43. The molecule has 0 N–H and O–H groups in total. The Kier molecular flexibility index (Phi) is 6.98. The number of aryl methyl sites for hydroxylation is 1. The van der Waals surface area contributed by atoms with Crippen molar-refractivity contribution in [2.24, 2.45) is 18.9 Å². The summed E-state index contributed by atoms with van der Waals surface area (Å²) in [4.78, 5) is 15.9. The van der Waals surface area contributed by atoms with Crippen molar-refractivity contribution >= 4 is 5.52 Å². The average Bonchev–Trinajstić information content (AvgIpc) is 3.47. The second-order valence-electron chi connectivity index (χ2n) is 11.7. The molecule has 2 fully saturated rings. The van der Waals surface area contributed by atoms with Gasteiger partial charge in [-0.15, -0.1) is 10.2 Å². The van der Waals surface area contributed by atoms with E-state index in [0.717, 1.165) is 67.0 Å². The fraction of sp³-hybridized carbons (Fsp3) is 0.467. The van der Waals surface area contributed by atoms with Crippen molar-refractivity contribution in [2.75, 3.05) is 13.1 Å². The Morgan fingerprint density at radius 2 is 1.93 bits per heavy atom. The average molecular weight is 564 g/mol. The van der Waals surface area contributed by atoms with Crippen LogP contribution in [0.4, 0.5) is 13.2 Å². The Balaban J connectivity index is 1.47. The van der Waals surface area contributed by atoms with Crippen LogP contribution in [0, 0.1) is 23.2 Å². The van der Waals surface area contributed by atoms with Crippen LogP contribution in [0.3, 0.4) is 0 Å². The number of halogens is 3. The lowest BCUT2D eigenvalue weighted by Crippen LogP contribution is -2.34. The molecule has 0 unspecified atom stereocenters. The molecular weight excluding hydrogens is 531 g/mol. The van der Waals surface area contributed by atoms with Crippen molar-refractivity contribution in [2.45, 2.75) is 57.7 Å². The molecule has 41 heavy (non-hydrogen) atoms. The summed E-state index contributed by atoms with van der Waals surface area (Å²) in [6, 6.07) is 8.44. The quantitative estimate of drug-likeness (QED) is 0.319. The summed E-state index contributed by atoms with van der Waals surface area (Å²) in [7, 11) is 1.86. The van der Waals surface area contributed by atoms with Crippen molar-refractivity contribution < 1.29 is 13.2 Å². The topological polar surface area (TPSA) is 84.2 Å². The van der Waals surface area contributed by atoms with Crippen LogP contribution < -0.4 is 5.69 Å². The number of imidazole rings is 1. The maximum Gasteiger partial charge on any atom is 0.418 e. The number of benzene rings is 1. The molecule has 8 nitrogen and oxygen atoms in total. The monoisotopic (exact) mass is 563 g/mol. The van der Waals surface area contributed by atoms with Crippen molar-refractivity contribution in [3.05, 3.63) is 81.5 Å². The molecule has 0 bridgehead atoms. The van der Waals surface area contributed by atoms with Crippen LogP contribution in [0.2, 0.25) is 0 Å². The molecule has 2 aliphatic rings. The van der Waals surface area contributed by atoms with Gasteiger partial charge in [-0.05, 0) is 79.5 Å². The largest absolute Gasteiger partial charge is 0.418 e. The molecule has 1 aliphatic carbocycles. The molecule has 2 atom stereocenters. The second kappa shape index (κ2) is 10.5. The van der Waals surface area contributed by atoms with Gasteiger partial charge in [0.05, 0.1) is 28.4 Å². The molecule has 214 valence electrons. The lowest BCUT2D eigenvalue weighted by Gasteiger charge is -2.33. The zero-order valence-corrected chi connectivity index (χ0v) is 23.1. The summed E-state index contributed by atoms with van der Waals surface area (Å²) in [6.07, 6.45) is 4.92. The number of nitrogens with zero attached hydrogens (tertiary/aromatic N) is 7. The lowest BCUT2D eigenvalue weighted by atomic mass is 9.72. The van der Waals surface area contributed by atoms with Gasteiger partial charge in [-0.2, -0.15) is 18.4 Å². The van der Waals surface area contributed by atoms with Gasteiger partial charge in [0.25, 0.3) is 0 Å². The smallest absolute Gasteiger partial charge is 0.320 e. The Morgan fingerprint density at radius 1 is 1.12 bits per heavy atom. The van der Waals surface area contributed by atoms with E-state index < -0.39 is 17.4 Å². The molecule has 4 aromatic rings. The van der Waals surface area contributed by atoms with Gasteiger partial charge in [0.15, 0.2) is 0 Å². The Bertz CT molecular complexity index is 1690. The summed E-state index contributed by atoms with van der Waals surface area (Å²) >= 11 is 0. The van der Waals surface area contributed by atoms with Crippen molar-refractivity contribution in [1.82, 2.24) is 28.6 Å². The second-order valence-corrected chi connectivity index (χ2v) is 11.7. The highest BCUT2D eigenvalue weighted by atomic mass is 19.4. The third-order valence-electron chi connectivity index (χ3n) is 8.63. The Labute approximate surface area is 235 Å². The molecule has 11 heteroatoms. The number of fused-ring (bicyclic) bond motifs is 1. The van der Waals surface area contributed by atoms with Gasteiger partial charge in [-0.1, -0.05) is 13.3 Å². The zero-order chi connectivity index (χ0) is 28.9. The molecule has 1 saturated carbocycles. The minimum atomic E-state index is -4.64. The molecule has 6 rings (SSSR count). The highest BCUT2D eigenvalue weighted by molar-refractivity contribution is 5.58. The summed E-state index contributed by atoms with van der Waals surface area (Å²) in [5, 5.41) is 18.2. The van der Waals surface area contributed by atoms with Crippen molar-refractivity contribution in [1.29, 1.82) is 5.26 Å². The summed E-state index contributed by atoms with van der Waals surface area (Å²) in [5.41, 5.74) is 0.223. The van der Waals surface area contributed by atoms with E-state index in [-0.39, 0.29) is 11.4 Å². The van der Waals surface area contributed by atoms with Crippen molar-refractivity contribution in [3.8, 4) is 11.8 Å². The zero-order valence-electron chi connectivity index (χ0n) is 23.1. The van der Waals surface area contributed by atoms with Crippen molar-refractivity contribution in [3.63, 3.8) is 0 Å². The predicted octanol–water partition coefficient (Wildman–Crippen LogP) is 5.27. The Hall–Kier alpha value is -3.91. The van der Waals surface area contributed by atoms with Crippen LogP contribution >= 0.6 is 0 Å². The maximum absolute atomic E-state index is 14.3. The first kappa shape index (κ1) is 27.3. The standard InChI is InChI=1S/C30H32F3N7O/c1-19-5-4-8-38(14-19)15-21-11-25(30(31,32)33)26-17-39(29(41)40(26)16-21)24-10-20(13-34)9-23(12-24)27(22-6-3-7-22)28-36-35-18-37(28)2/h9-12,16-19,22,27H,3-8,14-15H2,1-2H3/t19-,27+/m0/s1. The van der Waals surface area contributed by atoms with Crippen LogP contribution in [0.15, 0.2) is 47.8 Å². The number of rotatable bonds is 6. The van der Waals surface area contributed by atoms with Crippen LogP contribution in [0.25, 0.3) is 11.2 Å². The summed E-state index contributed by atoms with van der Waals surface area (Å²) in [6.45, 7) is 4.12. The number of alkyl halides is 3. The number of likely N-dealkylation sites (tertiary alicyclic amines) is 1. The first-order chi connectivity index (χ1) is 19.6. The van der Waals surface area contributed by atoms with Crippen LogP contribution in [-0.2, 0) is 19.8 Å². The van der Waals surface area contributed by atoms with Gasteiger partial charge < -0.3 is 4.57 Å². The predicted molar refractivity (Wildman–Crippen MR) is 147 cm³/mol. The van der Waals surface area contributed by atoms with E-state index in [1.807, 2.05) is 11.6 Å². The third kappa shape index (κ3) is 5.17. The molecule has 0 amide bonds.